The number of aryl methyl sites for hydroxylation is 4. The van der Waals surface area contributed by atoms with Gasteiger partial charge >= 0.3 is 0 Å². The quantitative estimate of drug-likeness (QED) is 0.704. The van der Waals surface area contributed by atoms with Crippen molar-refractivity contribution in [2.75, 3.05) is 20.2 Å². The van der Waals surface area contributed by atoms with Gasteiger partial charge in [0, 0.05) is 19.0 Å². The topological polar surface area (TPSA) is 75.7 Å². The number of ether oxygens (including phenoxy) is 1. The normalized spacial score (nSPS) is 16.6. The molecule has 2 aromatic carbocycles. The number of sulfonamides is 1. The molecule has 1 N–H and O–H groups in total. The van der Waals surface area contributed by atoms with Gasteiger partial charge in [-0.25, -0.2) is 8.42 Å². The van der Waals surface area contributed by atoms with Gasteiger partial charge in [-0.05, 0) is 93.5 Å². The van der Waals surface area contributed by atoms with Crippen LogP contribution in [-0.4, -0.2) is 38.8 Å². The molecule has 0 aromatic heterocycles. The maximum absolute atomic E-state index is 13.1. The first-order chi connectivity index (χ1) is 15.0. The van der Waals surface area contributed by atoms with Gasteiger partial charge in [-0.15, -0.1) is 0 Å². The molecular weight excluding hydrogens is 424 g/mol. The van der Waals surface area contributed by atoms with E-state index in [9.17, 15) is 13.2 Å². The number of carbonyl (C=O) groups is 1. The average molecular weight is 459 g/mol. The molecule has 0 bridgehead atoms. The molecule has 174 valence electrons. The summed E-state index contributed by atoms with van der Waals surface area (Å²) in [6.45, 7) is 10.7. The van der Waals surface area contributed by atoms with E-state index in [1.54, 1.807) is 25.3 Å². The monoisotopic (exact) mass is 458 g/mol. The molecule has 0 radical (unpaired) electrons. The summed E-state index contributed by atoms with van der Waals surface area (Å²) in [5.41, 5.74) is 5.51. The molecule has 1 heterocycles. The van der Waals surface area contributed by atoms with Gasteiger partial charge in [0.25, 0.3) is 0 Å². The lowest BCUT2D eigenvalue weighted by Crippen LogP contribution is -2.43. The van der Waals surface area contributed by atoms with Crippen LogP contribution in [0.1, 0.15) is 53.6 Å². The van der Waals surface area contributed by atoms with Crippen LogP contribution in [0.3, 0.4) is 0 Å². The molecule has 0 spiro atoms. The zero-order chi connectivity index (χ0) is 23.6. The molecule has 1 aliphatic heterocycles. The predicted molar refractivity (Wildman–Crippen MR) is 126 cm³/mol. The number of methoxy groups -OCH3 is 1. The molecule has 6 nitrogen and oxygen atoms in total. The van der Waals surface area contributed by atoms with Crippen LogP contribution in [0.15, 0.2) is 35.2 Å². The molecule has 1 aliphatic rings. The summed E-state index contributed by atoms with van der Waals surface area (Å²) in [6.07, 6.45) is 1.03. The number of benzene rings is 2. The third kappa shape index (κ3) is 4.99. The Bertz CT molecular complexity index is 1100. The molecule has 0 unspecified atom stereocenters. The standard InChI is InChI=1S/C25H34N2O4S/c1-16-13-18(3)23(15-17(16)2)20(5)26-25(28)21-9-11-27(12-10-21)32(29,30)22-7-8-24(31-6)19(4)14-22/h7-8,13-15,20-21H,9-12H2,1-6H3,(H,26,28)/t20-/m0/s1. The zero-order valence-electron chi connectivity index (χ0n) is 19.9. The average Bonchev–Trinajstić information content (AvgIpc) is 2.76. The second kappa shape index (κ2) is 9.63. The van der Waals surface area contributed by atoms with Gasteiger partial charge in [0.05, 0.1) is 18.0 Å². The van der Waals surface area contributed by atoms with E-state index in [1.165, 1.54) is 15.4 Å². The maximum atomic E-state index is 13.1. The first-order valence-corrected chi connectivity index (χ1v) is 12.5. The lowest BCUT2D eigenvalue weighted by atomic mass is 9.94. The molecule has 3 rings (SSSR count). The second-order valence-electron chi connectivity index (χ2n) is 8.83. The fourth-order valence-corrected chi connectivity index (χ4v) is 5.93. The van der Waals surface area contributed by atoms with Crippen LogP contribution in [0.5, 0.6) is 5.75 Å². The molecule has 1 atom stereocenters. The molecule has 7 heteroatoms. The van der Waals surface area contributed by atoms with Crippen LogP contribution < -0.4 is 10.1 Å². The van der Waals surface area contributed by atoms with Crippen molar-refractivity contribution in [3.63, 3.8) is 0 Å². The summed E-state index contributed by atoms with van der Waals surface area (Å²) in [5, 5.41) is 3.14. The SMILES string of the molecule is COc1ccc(S(=O)(=O)N2CCC(C(=O)N[C@@H](C)c3cc(C)c(C)cc3C)CC2)cc1C. The summed E-state index contributed by atoms with van der Waals surface area (Å²) in [5.74, 6) is 0.466. The highest BCUT2D eigenvalue weighted by atomic mass is 32.2. The Labute approximate surface area is 192 Å². The molecular formula is C25H34N2O4S. The van der Waals surface area contributed by atoms with Gasteiger partial charge in [0.15, 0.2) is 0 Å². The van der Waals surface area contributed by atoms with Crippen molar-refractivity contribution in [1.29, 1.82) is 0 Å². The van der Waals surface area contributed by atoms with Gasteiger partial charge in [0.2, 0.25) is 15.9 Å². The number of hydrogen-bond donors (Lipinski definition) is 1. The minimum atomic E-state index is -3.59. The molecule has 32 heavy (non-hydrogen) atoms. The Morgan fingerprint density at radius 1 is 1.00 bits per heavy atom. The largest absolute Gasteiger partial charge is 0.496 e. The number of carbonyl (C=O) groups excluding carboxylic acids is 1. The number of rotatable bonds is 6. The first kappa shape index (κ1) is 24.3. The van der Waals surface area contributed by atoms with Crippen molar-refractivity contribution < 1.29 is 17.9 Å². The number of hydrogen-bond acceptors (Lipinski definition) is 4. The number of piperidine rings is 1. The number of nitrogens with one attached hydrogen (secondary N) is 1. The van der Waals surface area contributed by atoms with Crippen molar-refractivity contribution in [1.82, 2.24) is 9.62 Å². The molecule has 1 saturated heterocycles. The Morgan fingerprint density at radius 3 is 2.22 bits per heavy atom. The van der Waals surface area contributed by atoms with Crippen LogP contribution in [-0.2, 0) is 14.8 Å². The van der Waals surface area contributed by atoms with Crippen molar-refractivity contribution >= 4 is 15.9 Å². The fourth-order valence-electron chi connectivity index (χ4n) is 4.38. The highest BCUT2D eigenvalue weighted by Crippen LogP contribution is 2.28. The minimum Gasteiger partial charge on any atom is -0.496 e. The maximum Gasteiger partial charge on any atom is 0.243 e. The molecule has 1 fully saturated rings. The van der Waals surface area contributed by atoms with E-state index in [2.05, 4.69) is 38.2 Å². The summed E-state index contributed by atoms with van der Waals surface area (Å²) in [7, 11) is -2.03. The van der Waals surface area contributed by atoms with Crippen LogP contribution in [0.25, 0.3) is 0 Å². The molecule has 1 amide bonds. The van der Waals surface area contributed by atoms with E-state index >= 15 is 0 Å². The summed E-state index contributed by atoms with van der Waals surface area (Å²) >= 11 is 0. The van der Waals surface area contributed by atoms with Crippen LogP contribution in [0, 0.1) is 33.6 Å². The molecule has 0 aliphatic carbocycles. The van der Waals surface area contributed by atoms with Gasteiger partial charge in [-0.1, -0.05) is 12.1 Å². The van der Waals surface area contributed by atoms with Gasteiger partial charge in [0.1, 0.15) is 5.75 Å². The number of amides is 1. The van der Waals surface area contributed by atoms with Gasteiger partial charge in [-0.3, -0.25) is 4.79 Å². The Balaban J connectivity index is 1.63. The van der Waals surface area contributed by atoms with Crippen molar-refractivity contribution in [2.24, 2.45) is 5.92 Å². The minimum absolute atomic E-state index is 0.00697. The Morgan fingerprint density at radius 2 is 1.62 bits per heavy atom. The van der Waals surface area contributed by atoms with Crippen molar-refractivity contribution in [3.05, 3.63) is 58.1 Å². The Hall–Kier alpha value is -2.38. The van der Waals surface area contributed by atoms with Crippen molar-refractivity contribution in [3.8, 4) is 5.75 Å². The zero-order valence-corrected chi connectivity index (χ0v) is 20.7. The highest BCUT2D eigenvalue weighted by molar-refractivity contribution is 7.89. The van der Waals surface area contributed by atoms with Gasteiger partial charge < -0.3 is 10.1 Å². The molecule has 2 aromatic rings. The van der Waals surface area contributed by atoms with E-state index < -0.39 is 10.0 Å². The fraction of sp³-hybridized carbons (Fsp3) is 0.480. The second-order valence-corrected chi connectivity index (χ2v) is 10.8. The smallest absolute Gasteiger partial charge is 0.243 e. The molecule has 0 saturated carbocycles. The third-order valence-corrected chi connectivity index (χ3v) is 8.43. The van der Waals surface area contributed by atoms with Gasteiger partial charge in [-0.2, -0.15) is 4.31 Å². The Kier molecular flexibility index (Phi) is 7.30. The third-order valence-electron chi connectivity index (χ3n) is 6.54. The summed E-state index contributed by atoms with van der Waals surface area (Å²) in [6, 6.07) is 9.09. The highest BCUT2D eigenvalue weighted by Gasteiger charge is 2.32. The number of nitrogens with zero attached hydrogens (tertiary/aromatic N) is 1. The lowest BCUT2D eigenvalue weighted by Gasteiger charge is -2.31. The lowest BCUT2D eigenvalue weighted by molar-refractivity contribution is -0.126. The van der Waals surface area contributed by atoms with E-state index in [4.69, 9.17) is 4.74 Å². The summed E-state index contributed by atoms with van der Waals surface area (Å²) < 4.78 is 32.8. The van der Waals surface area contributed by atoms with E-state index in [0.717, 1.165) is 16.7 Å². The van der Waals surface area contributed by atoms with Crippen molar-refractivity contribution in [2.45, 2.75) is 58.4 Å². The first-order valence-electron chi connectivity index (χ1n) is 11.1. The van der Waals surface area contributed by atoms with E-state index in [1.807, 2.05) is 13.8 Å². The summed E-state index contributed by atoms with van der Waals surface area (Å²) in [4.78, 5) is 13.2. The van der Waals surface area contributed by atoms with Crippen LogP contribution in [0.4, 0.5) is 0 Å². The van der Waals surface area contributed by atoms with Crippen LogP contribution >= 0.6 is 0 Å². The van der Waals surface area contributed by atoms with E-state index in [-0.39, 0.29) is 22.8 Å². The van der Waals surface area contributed by atoms with E-state index in [0.29, 0.717) is 31.7 Å². The van der Waals surface area contributed by atoms with Crippen LogP contribution in [0.2, 0.25) is 0 Å². The predicted octanol–water partition coefficient (Wildman–Crippen LogP) is 4.21.